The molecule has 2 aromatic rings. The Kier molecular flexibility index (Phi) is 4.27. The lowest BCUT2D eigenvalue weighted by Crippen LogP contribution is -2.41. The lowest BCUT2D eigenvalue weighted by molar-refractivity contribution is 0.0586. The van der Waals surface area contributed by atoms with Crippen LogP contribution in [0.4, 0.5) is 4.39 Å². The molecule has 1 saturated heterocycles. The monoisotopic (exact) mass is 301 g/mol. The molecule has 0 atom stereocenters. The number of benzene rings is 1. The number of halogens is 1. The molecule has 0 N–H and O–H groups in total. The summed E-state index contributed by atoms with van der Waals surface area (Å²) in [6.45, 7) is 1.17. The van der Waals surface area contributed by atoms with Gasteiger partial charge in [0.1, 0.15) is 11.9 Å². The normalized spacial score (nSPS) is 15.6. The maximum Gasteiger partial charge on any atom is 0.253 e. The molecule has 1 aliphatic heterocycles. The Morgan fingerprint density at radius 2 is 2.09 bits per heavy atom. The van der Waals surface area contributed by atoms with Crippen molar-refractivity contribution in [2.24, 2.45) is 0 Å². The SMILES string of the molecule is O=C(c1cccc(F)c1)N1CCC(Oc2cnccn2)CC1. The van der Waals surface area contributed by atoms with Crippen LogP contribution in [0.5, 0.6) is 5.88 Å². The van der Waals surface area contributed by atoms with Gasteiger partial charge in [-0.2, -0.15) is 0 Å². The summed E-state index contributed by atoms with van der Waals surface area (Å²) in [6.07, 6.45) is 6.21. The van der Waals surface area contributed by atoms with E-state index in [9.17, 15) is 9.18 Å². The minimum Gasteiger partial charge on any atom is -0.473 e. The van der Waals surface area contributed by atoms with E-state index in [1.54, 1.807) is 35.6 Å². The Morgan fingerprint density at radius 3 is 2.77 bits per heavy atom. The van der Waals surface area contributed by atoms with E-state index in [2.05, 4.69) is 9.97 Å². The summed E-state index contributed by atoms with van der Waals surface area (Å²) in [5, 5.41) is 0. The topological polar surface area (TPSA) is 55.3 Å². The molecular formula is C16H16FN3O2. The van der Waals surface area contributed by atoms with Crippen LogP contribution in [-0.4, -0.2) is 40.0 Å². The Bertz CT molecular complexity index is 643. The third kappa shape index (κ3) is 3.39. The first-order valence-corrected chi connectivity index (χ1v) is 7.20. The van der Waals surface area contributed by atoms with Crippen LogP contribution < -0.4 is 4.74 Å². The molecule has 6 heteroatoms. The number of amides is 1. The van der Waals surface area contributed by atoms with Crippen LogP contribution >= 0.6 is 0 Å². The fraction of sp³-hybridized carbons (Fsp3) is 0.312. The first kappa shape index (κ1) is 14.4. The van der Waals surface area contributed by atoms with Crippen molar-refractivity contribution < 1.29 is 13.9 Å². The second-order valence-corrected chi connectivity index (χ2v) is 5.16. The average molecular weight is 301 g/mol. The van der Waals surface area contributed by atoms with Gasteiger partial charge in [0.25, 0.3) is 5.91 Å². The van der Waals surface area contributed by atoms with E-state index in [1.807, 2.05) is 0 Å². The molecule has 0 aliphatic carbocycles. The van der Waals surface area contributed by atoms with E-state index in [1.165, 1.54) is 12.1 Å². The Hall–Kier alpha value is -2.50. The molecule has 1 aromatic carbocycles. The highest BCUT2D eigenvalue weighted by Gasteiger charge is 2.25. The first-order chi connectivity index (χ1) is 10.7. The van der Waals surface area contributed by atoms with Gasteiger partial charge in [-0.25, -0.2) is 9.37 Å². The summed E-state index contributed by atoms with van der Waals surface area (Å²) in [4.78, 5) is 22.1. The van der Waals surface area contributed by atoms with Crippen molar-refractivity contribution in [1.29, 1.82) is 0 Å². The number of nitrogens with zero attached hydrogens (tertiary/aromatic N) is 3. The Balaban J connectivity index is 1.56. The number of rotatable bonds is 3. The molecule has 0 bridgehead atoms. The molecule has 1 fully saturated rings. The summed E-state index contributed by atoms with van der Waals surface area (Å²) >= 11 is 0. The van der Waals surface area contributed by atoms with Crippen LogP contribution in [-0.2, 0) is 0 Å². The lowest BCUT2D eigenvalue weighted by Gasteiger charge is -2.31. The zero-order valence-electron chi connectivity index (χ0n) is 12.0. The number of hydrogen-bond acceptors (Lipinski definition) is 4. The highest BCUT2D eigenvalue weighted by Crippen LogP contribution is 2.18. The minimum absolute atomic E-state index is 0.0215. The van der Waals surface area contributed by atoms with E-state index >= 15 is 0 Å². The molecule has 5 nitrogen and oxygen atoms in total. The van der Waals surface area contributed by atoms with Crippen molar-refractivity contribution in [1.82, 2.24) is 14.9 Å². The van der Waals surface area contributed by atoms with Crippen LogP contribution in [0.1, 0.15) is 23.2 Å². The summed E-state index contributed by atoms with van der Waals surface area (Å²) < 4.78 is 18.9. The van der Waals surface area contributed by atoms with Gasteiger partial charge in [0, 0.05) is 43.9 Å². The predicted octanol–water partition coefficient (Wildman–Crippen LogP) is 2.30. The van der Waals surface area contributed by atoms with Crippen LogP contribution in [0.25, 0.3) is 0 Å². The molecule has 0 radical (unpaired) electrons. The van der Waals surface area contributed by atoms with Gasteiger partial charge in [-0.05, 0) is 18.2 Å². The second-order valence-electron chi connectivity index (χ2n) is 5.16. The fourth-order valence-electron chi connectivity index (χ4n) is 2.50. The van der Waals surface area contributed by atoms with Crippen molar-refractivity contribution >= 4 is 5.91 Å². The van der Waals surface area contributed by atoms with Crippen LogP contribution in [0.2, 0.25) is 0 Å². The molecule has 0 unspecified atom stereocenters. The summed E-state index contributed by atoms with van der Waals surface area (Å²) in [7, 11) is 0. The number of carbonyl (C=O) groups excluding carboxylic acids is 1. The van der Waals surface area contributed by atoms with Crippen LogP contribution in [0.3, 0.4) is 0 Å². The van der Waals surface area contributed by atoms with E-state index in [0.29, 0.717) is 24.5 Å². The van der Waals surface area contributed by atoms with Crippen molar-refractivity contribution in [2.75, 3.05) is 13.1 Å². The Labute approximate surface area is 127 Å². The smallest absolute Gasteiger partial charge is 0.253 e. The summed E-state index contributed by atoms with van der Waals surface area (Å²) in [5.74, 6) is -0.0402. The molecule has 1 aromatic heterocycles. The van der Waals surface area contributed by atoms with Gasteiger partial charge in [0.2, 0.25) is 5.88 Å². The minimum atomic E-state index is -0.397. The molecule has 114 valence electrons. The van der Waals surface area contributed by atoms with Gasteiger partial charge in [-0.1, -0.05) is 6.07 Å². The van der Waals surface area contributed by atoms with E-state index in [4.69, 9.17) is 4.74 Å². The number of aromatic nitrogens is 2. The third-order valence-electron chi connectivity index (χ3n) is 3.63. The van der Waals surface area contributed by atoms with Crippen LogP contribution in [0, 0.1) is 5.82 Å². The van der Waals surface area contributed by atoms with Gasteiger partial charge in [0.15, 0.2) is 0 Å². The third-order valence-corrected chi connectivity index (χ3v) is 3.63. The molecule has 2 heterocycles. The predicted molar refractivity (Wildman–Crippen MR) is 78.0 cm³/mol. The molecule has 1 amide bonds. The van der Waals surface area contributed by atoms with Crippen molar-refractivity contribution in [2.45, 2.75) is 18.9 Å². The van der Waals surface area contributed by atoms with Crippen LogP contribution in [0.15, 0.2) is 42.9 Å². The highest BCUT2D eigenvalue weighted by atomic mass is 19.1. The standard InChI is InChI=1S/C16H16FN3O2/c17-13-3-1-2-12(10-13)16(21)20-8-4-14(5-9-20)22-15-11-18-6-7-19-15/h1-3,6-7,10-11,14H,4-5,8-9H2. The average Bonchev–Trinajstić information content (AvgIpc) is 2.56. The largest absolute Gasteiger partial charge is 0.473 e. The van der Waals surface area contributed by atoms with E-state index in [0.717, 1.165) is 12.8 Å². The lowest BCUT2D eigenvalue weighted by atomic mass is 10.1. The second kappa shape index (κ2) is 6.51. The molecular weight excluding hydrogens is 285 g/mol. The molecule has 0 spiro atoms. The number of carbonyl (C=O) groups is 1. The quantitative estimate of drug-likeness (QED) is 0.873. The van der Waals surface area contributed by atoms with Gasteiger partial charge in [0.05, 0.1) is 6.20 Å². The van der Waals surface area contributed by atoms with Gasteiger partial charge in [-0.3, -0.25) is 9.78 Å². The van der Waals surface area contributed by atoms with Crippen molar-refractivity contribution in [3.8, 4) is 5.88 Å². The maximum absolute atomic E-state index is 13.2. The van der Waals surface area contributed by atoms with Crippen molar-refractivity contribution in [3.63, 3.8) is 0 Å². The first-order valence-electron chi connectivity index (χ1n) is 7.20. The zero-order chi connectivity index (χ0) is 15.4. The molecule has 3 rings (SSSR count). The van der Waals surface area contributed by atoms with Crippen molar-refractivity contribution in [3.05, 3.63) is 54.2 Å². The van der Waals surface area contributed by atoms with E-state index in [-0.39, 0.29) is 12.0 Å². The molecule has 1 aliphatic rings. The molecule has 0 saturated carbocycles. The Morgan fingerprint density at radius 1 is 1.27 bits per heavy atom. The summed E-state index contributed by atoms with van der Waals surface area (Å²) in [6, 6.07) is 5.78. The van der Waals surface area contributed by atoms with Gasteiger partial charge >= 0.3 is 0 Å². The number of likely N-dealkylation sites (tertiary alicyclic amines) is 1. The van der Waals surface area contributed by atoms with Gasteiger partial charge in [-0.15, -0.1) is 0 Å². The van der Waals surface area contributed by atoms with E-state index < -0.39 is 5.82 Å². The molecule has 22 heavy (non-hydrogen) atoms. The number of hydrogen-bond donors (Lipinski definition) is 0. The summed E-state index contributed by atoms with van der Waals surface area (Å²) in [5.41, 5.74) is 0.383. The maximum atomic E-state index is 13.2. The number of piperidine rings is 1. The zero-order valence-corrected chi connectivity index (χ0v) is 12.0. The fourth-order valence-corrected chi connectivity index (χ4v) is 2.50. The number of ether oxygens (including phenoxy) is 1. The van der Waals surface area contributed by atoms with Gasteiger partial charge < -0.3 is 9.64 Å². The highest BCUT2D eigenvalue weighted by molar-refractivity contribution is 5.94.